The molecule has 0 amide bonds. The average Bonchev–Trinajstić information content (AvgIpc) is 2.89. The van der Waals surface area contributed by atoms with Crippen LogP contribution in [0.25, 0.3) is 0 Å². The minimum Gasteiger partial charge on any atom is -0.497 e. The molecule has 3 atom stereocenters. The molecule has 1 aromatic carbocycles. The van der Waals surface area contributed by atoms with Crippen molar-refractivity contribution in [3.8, 4) is 5.75 Å². The fourth-order valence-electron chi connectivity index (χ4n) is 2.55. The van der Waals surface area contributed by atoms with Gasteiger partial charge < -0.3 is 18.9 Å². The molecule has 0 N–H and O–H groups in total. The van der Waals surface area contributed by atoms with Gasteiger partial charge in [-0.2, -0.15) is 0 Å². The molecular weight excluding hydrogens is 299 g/mol. The highest BCUT2D eigenvalue weighted by atomic mass is 19.1. The van der Waals surface area contributed by atoms with E-state index in [4.69, 9.17) is 18.9 Å². The summed E-state index contributed by atoms with van der Waals surface area (Å²) >= 11 is 0. The van der Waals surface area contributed by atoms with Crippen molar-refractivity contribution in [3.63, 3.8) is 0 Å². The SMILES string of the molecule is CCOCO[C@H]1C(CC)=C[C@@H](OCc2ccc(OC)cc2)C1F. The highest BCUT2D eigenvalue weighted by Gasteiger charge is 2.38. The standard InChI is InChI=1S/C18H25FO4/c1-4-14-10-16(17(19)18(14)23-12-21-5-2)22-11-13-6-8-15(20-3)9-7-13/h6-10,16-18H,4-5,11-12H2,1-3H3/t16-,17?,18+/m1/s1. The van der Waals surface area contributed by atoms with Crippen molar-refractivity contribution in [2.75, 3.05) is 20.5 Å². The fraction of sp³-hybridized carbons (Fsp3) is 0.556. The number of halogens is 1. The van der Waals surface area contributed by atoms with E-state index in [1.807, 2.05) is 44.2 Å². The summed E-state index contributed by atoms with van der Waals surface area (Å²) in [5, 5.41) is 0. The molecule has 0 radical (unpaired) electrons. The lowest BCUT2D eigenvalue weighted by molar-refractivity contribution is -0.108. The zero-order valence-electron chi connectivity index (χ0n) is 14.0. The van der Waals surface area contributed by atoms with Crippen LogP contribution in [-0.4, -0.2) is 38.9 Å². The Hall–Kier alpha value is -1.43. The van der Waals surface area contributed by atoms with E-state index in [-0.39, 0.29) is 6.79 Å². The Bertz CT molecular complexity index is 500. The van der Waals surface area contributed by atoms with Gasteiger partial charge in [-0.05, 0) is 36.6 Å². The van der Waals surface area contributed by atoms with Gasteiger partial charge in [0.15, 0.2) is 6.17 Å². The summed E-state index contributed by atoms with van der Waals surface area (Å²) in [6.07, 6.45) is 0.208. The third-order valence-electron chi connectivity index (χ3n) is 3.89. The van der Waals surface area contributed by atoms with Gasteiger partial charge in [0.1, 0.15) is 24.8 Å². The maximum absolute atomic E-state index is 14.6. The average molecular weight is 324 g/mol. The Kier molecular flexibility index (Phi) is 7.02. The second kappa shape index (κ2) is 9.01. The van der Waals surface area contributed by atoms with Crippen LogP contribution in [-0.2, 0) is 20.8 Å². The predicted octanol–water partition coefficient (Wildman–Crippen LogP) is 3.65. The Morgan fingerprint density at radius 1 is 1.09 bits per heavy atom. The molecule has 1 aliphatic rings. The molecule has 0 saturated heterocycles. The summed E-state index contributed by atoms with van der Waals surface area (Å²) in [6, 6.07) is 7.55. The van der Waals surface area contributed by atoms with Gasteiger partial charge in [-0.25, -0.2) is 4.39 Å². The highest BCUT2D eigenvalue weighted by molar-refractivity contribution is 5.27. The maximum atomic E-state index is 14.6. The Balaban J connectivity index is 1.90. The zero-order chi connectivity index (χ0) is 16.7. The van der Waals surface area contributed by atoms with Crippen LogP contribution in [0.1, 0.15) is 25.8 Å². The molecule has 0 aliphatic heterocycles. The molecule has 0 bridgehead atoms. The molecule has 0 saturated carbocycles. The molecular formula is C18H25FO4. The molecule has 128 valence electrons. The smallest absolute Gasteiger partial charge is 0.160 e. The van der Waals surface area contributed by atoms with Crippen LogP contribution in [0, 0.1) is 0 Å². The summed E-state index contributed by atoms with van der Waals surface area (Å²) in [6.45, 7) is 4.86. The van der Waals surface area contributed by atoms with Gasteiger partial charge in [0.25, 0.3) is 0 Å². The third-order valence-corrected chi connectivity index (χ3v) is 3.89. The van der Waals surface area contributed by atoms with E-state index in [9.17, 15) is 4.39 Å². The van der Waals surface area contributed by atoms with E-state index in [1.165, 1.54) is 0 Å². The topological polar surface area (TPSA) is 36.9 Å². The van der Waals surface area contributed by atoms with Gasteiger partial charge in [0.2, 0.25) is 0 Å². The van der Waals surface area contributed by atoms with Crippen LogP contribution in [0.2, 0.25) is 0 Å². The first-order chi connectivity index (χ1) is 11.2. The molecule has 0 aromatic heterocycles. The van der Waals surface area contributed by atoms with Crippen molar-refractivity contribution in [2.45, 2.75) is 45.3 Å². The van der Waals surface area contributed by atoms with Crippen molar-refractivity contribution in [1.82, 2.24) is 0 Å². The van der Waals surface area contributed by atoms with Crippen molar-refractivity contribution in [1.29, 1.82) is 0 Å². The number of hydrogen-bond donors (Lipinski definition) is 0. The molecule has 23 heavy (non-hydrogen) atoms. The summed E-state index contributed by atoms with van der Waals surface area (Å²) in [7, 11) is 1.62. The van der Waals surface area contributed by atoms with Crippen LogP contribution < -0.4 is 4.74 Å². The van der Waals surface area contributed by atoms with E-state index in [2.05, 4.69) is 0 Å². The first kappa shape index (κ1) is 17.9. The number of rotatable bonds is 9. The monoisotopic (exact) mass is 324 g/mol. The lowest BCUT2D eigenvalue weighted by atomic mass is 10.1. The fourth-order valence-corrected chi connectivity index (χ4v) is 2.55. The maximum Gasteiger partial charge on any atom is 0.160 e. The predicted molar refractivity (Wildman–Crippen MR) is 86.2 cm³/mol. The highest BCUT2D eigenvalue weighted by Crippen LogP contribution is 2.30. The van der Waals surface area contributed by atoms with Gasteiger partial charge in [0, 0.05) is 6.61 Å². The van der Waals surface area contributed by atoms with Gasteiger partial charge in [-0.1, -0.05) is 25.1 Å². The van der Waals surface area contributed by atoms with Gasteiger partial charge in [0.05, 0.1) is 13.7 Å². The largest absolute Gasteiger partial charge is 0.497 e. The minimum atomic E-state index is -1.20. The van der Waals surface area contributed by atoms with Crippen molar-refractivity contribution >= 4 is 0 Å². The molecule has 5 heteroatoms. The third kappa shape index (κ3) is 4.77. The van der Waals surface area contributed by atoms with Crippen LogP contribution in [0.4, 0.5) is 4.39 Å². The molecule has 4 nitrogen and oxygen atoms in total. The number of methoxy groups -OCH3 is 1. The molecule has 0 heterocycles. The quantitative estimate of drug-likeness (QED) is 0.395. The van der Waals surface area contributed by atoms with Crippen molar-refractivity contribution in [3.05, 3.63) is 41.5 Å². The van der Waals surface area contributed by atoms with E-state index in [0.29, 0.717) is 13.2 Å². The first-order valence-corrected chi connectivity index (χ1v) is 7.98. The lowest BCUT2D eigenvalue weighted by Gasteiger charge is -2.20. The number of alkyl halides is 1. The van der Waals surface area contributed by atoms with Crippen molar-refractivity contribution in [2.24, 2.45) is 0 Å². The van der Waals surface area contributed by atoms with Crippen LogP contribution in [0.5, 0.6) is 5.75 Å². The Morgan fingerprint density at radius 2 is 1.83 bits per heavy atom. The number of ether oxygens (including phenoxy) is 4. The van der Waals surface area contributed by atoms with E-state index >= 15 is 0 Å². The Labute approximate surface area is 137 Å². The molecule has 1 aliphatic carbocycles. The van der Waals surface area contributed by atoms with E-state index in [1.54, 1.807) is 7.11 Å². The summed E-state index contributed by atoms with van der Waals surface area (Å²) in [5.41, 5.74) is 1.90. The zero-order valence-corrected chi connectivity index (χ0v) is 14.0. The second-order valence-electron chi connectivity index (χ2n) is 5.36. The molecule has 1 unspecified atom stereocenters. The molecule has 2 rings (SSSR count). The molecule has 1 aromatic rings. The normalized spacial score (nSPS) is 23.8. The summed E-state index contributed by atoms with van der Waals surface area (Å²) in [5.74, 6) is 0.788. The summed E-state index contributed by atoms with van der Waals surface area (Å²) < 4.78 is 36.1. The lowest BCUT2D eigenvalue weighted by Crippen LogP contribution is -2.32. The van der Waals surface area contributed by atoms with Gasteiger partial charge >= 0.3 is 0 Å². The van der Waals surface area contributed by atoms with Crippen molar-refractivity contribution < 1.29 is 23.3 Å². The minimum absolute atomic E-state index is 0.101. The van der Waals surface area contributed by atoms with Crippen LogP contribution in [0.15, 0.2) is 35.9 Å². The van der Waals surface area contributed by atoms with E-state index < -0.39 is 18.4 Å². The Morgan fingerprint density at radius 3 is 2.43 bits per heavy atom. The molecule has 0 fully saturated rings. The second-order valence-corrected chi connectivity index (χ2v) is 5.36. The first-order valence-electron chi connectivity index (χ1n) is 7.98. The van der Waals surface area contributed by atoms with E-state index in [0.717, 1.165) is 23.3 Å². The molecule has 0 spiro atoms. The van der Waals surface area contributed by atoms with Gasteiger partial charge in [-0.15, -0.1) is 0 Å². The summed E-state index contributed by atoms with van der Waals surface area (Å²) in [4.78, 5) is 0. The van der Waals surface area contributed by atoms with Crippen LogP contribution >= 0.6 is 0 Å². The van der Waals surface area contributed by atoms with Crippen LogP contribution in [0.3, 0.4) is 0 Å². The number of benzene rings is 1. The van der Waals surface area contributed by atoms with Gasteiger partial charge in [-0.3, -0.25) is 0 Å². The number of hydrogen-bond acceptors (Lipinski definition) is 4.